The van der Waals surface area contributed by atoms with E-state index in [9.17, 15) is 4.79 Å². The van der Waals surface area contributed by atoms with E-state index >= 15 is 0 Å². The molecule has 5 heteroatoms. The SMILES string of the molecule is CCOC(=O)C1=NOC2(CCCNC2)C1. The minimum atomic E-state index is -0.347. The summed E-state index contributed by atoms with van der Waals surface area (Å²) in [5.74, 6) is -0.347. The van der Waals surface area contributed by atoms with Gasteiger partial charge in [-0.05, 0) is 26.3 Å². The van der Waals surface area contributed by atoms with E-state index in [1.54, 1.807) is 6.92 Å². The van der Waals surface area contributed by atoms with Crippen molar-refractivity contribution >= 4 is 11.7 Å². The average Bonchev–Trinajstić information content (AvgIpc) is 2.64. The van der Waals surface area contributed by atoms with Gasteiger partial charge in [0.05, 0.1) is 6.61 Å². The zero-order valence-corrected chi connectivity index (χ0v) is 8.91. The van der Waals surface area contributed by atoms with Crippen molar-refractivity contribution in [2.45, 2.75) is 31.8 Å². The standard InChI is InChI=1S/C10H16N2O3/c1-2-14-9(13)8-6-10(15-12-8)4-3-5-11-7-10/h11H,2-7H2,1H3. The fraction of sp³-hybridized carbons (Fsp3) is 0.800. The fourth-order valence-electron chi connectivity index (χ4n) is 2.01. The van der Waals surface area contributed by atoms with Crippen LogP contribution in [-0.2, 0) is 14.4 Å². The van der Waals surface area contributed by atoms with Crippen molar-refractivity contribution in [2.24, 2.45) is 5.16 Å². The number of carbonyl (C=O) groups excluding carboxylic acids is 1. The second kappa shape index (κ2) is 4.18. The molecule has 2 aliphatic heterocycles. The van der Waals surface area contributed by atoms with Gasteiger partial charge >= 0.3 is 5.97 Å². The molecule has 1 atom stereocenters. The van der Waals surface area contributed by atoms with E-state index in [1.165, 1.54) is 0 Å². The molecule has 1 saturated heterocycles. The number of rotatable bonds is 2. The molecule has 1 N–H and O–H groups in total. The molecule has 2 aliphatic rings. The van der Waals surface area contributed by atoms with Gasteiger partial charge in [0.15, 0.2) is 11.3 Å². The van der Waals surface area contributed by atoms with Crippen molar-refractivity contribution in [1.82, 2.24) is 5.32 Å². The number of esters is 1. The molecule has 0 aliphatic carbocycles. The maximum Gasteiger partial charge on any atom is 0.356 e. The predicted molar refractivity (Wildman–Crippen MR) is 54.6 cm³/mol. The normalized spacial score (nSPS) is 29.8. The van der Waals surface area contributed by atoms with E-state index in [2.05, 4.69) is 10.5 Å². The second-order valence-corrected chi connectivity index (χ2v) is 3.99. The lowest BCUT2D eigenvalue weighted by molar-refractivity contribution is -0.135. The Morgan fingerprint density at radius 2 is 2.60 bits per heavy atom. The van der Waals surface area contributed by atoms with Crippen molar-refractivity contribution < 1.29 is 14.4 Å². The van der Waals surface area contributed by atoms with Crippen LogP contribution in [0.5, 0.6) is 0 Å². The molecule has 2 rings (SSSR count). The third kappa shape index (κ3) is 2.12. The molecule has 0 aromatic rings. The topological polar surface area (TPSA) is 59.9 Å². The minimum Gasteiger partial charge on any atom is -0.461 e. The summed E-state index contributed by atoms with van der Waals surface area (Å²) >= 11 is 0. The summed E-state index contributed by atoms with van der Waals surface area (Å²) in [5, 5.41) is 7.09. The summed E-state index contributed by atoms with van der Waals surface area (Å²) < 4.78 is 4.89. The first-order valence-electron chi connectivity index (χ1n) is 5.39. The van der Waals surface area contributed by atoms with E-state index in [0.717, 1.165) is 25.9 Å². The third-order valence-corrected chi connectivity index (χ3v) is 2.78. The summed E-state index contributed by atoms with van der Waals surface area (Å²) in [6, 6.07) is 0. The Hall–Kier alpha value is -1.10. The van der Waals surface area contributed by atoms with Crippen molar-refractivity contribution in [2.75, 3.05) is 19.7 Å². The number of nitrogens with zero attached hydrogens (tertiary/aromatic N) is 1. The Bertz CT molecular complexity index is 282. The summed E-state index contributed by atoms with van der Waals surface area (Å²) in [6.07, 6.45) is 2.58. The molecule has 0 bridgehead atoms. The monoisotopic (exact) mass is 212 g/mol. The van der Waals surface area contributed by atoms with Crippen LogP contribution in [0, 0.1) is 0 Å². The highest BCUT2D eigenvalue weighted by molar-refractivity contribution is 6.36. The Morgan fingerprint density at radius 1 is 1.73 bits per heavy atom. The van der Waals surface area contributed by atoms with Crippen molar-refractivity contribution in [3.8, 4) is 0 Å². The summed E-state index contributed by atoms with van der Waals surface area (Å²) in [6.45, 7) is 3.94. The van der Waals surface area contributed by atoms with Gasteiger partial charge in [0.1, 0.15) is 0 Å². The zero-order valence-electron chi connectivity index (χ0n) is 8.91. The van der Waals surface area contributed by atoms with E-state index in [0.29, 0.717) is 18.7 Å². The largest absolute Gasteiger partial charge is 0.461 e. The van der Waals surface area contributed by atoms with Gasteiger partial charge in [0, 0.05) is 13.0 Å². The van der Waals surface area contributed by atoms with Crippen LogP contribution in [0.4, 0.5) is 0 Å². The Morgan fingerprint density at radius 3 is 3.27 bits per heavy atom. The van der Waals surface area contributed by atoms with Crippen LogP contribution < -0.4 is 5.32 Å². The molecular formula is C10H16N2O3. The van der Waals surface area contributed by atoms with E-state index in [-0.39, 0.29) is 11.6 Å². The Balaban J connectivity index is 1.94. The summed E-state index contributed by atoms with van der Waals surface area (Å²) in [5.41, 5.74) is 0.126. The van der Waals surface area contributed by atoms with Crippen LogP contribution in [0.2, 0.25) is 0 Å². The van der Waals surface area contributed by atoms with Crippen LogP contribution in [0.1, 0.15) is 26.2 Å². The Labute approximate surface area is 88.8 Å². The number of hydrogen-bond acceptors (Lipinski definition) is 5. The highest BCUT2D eigenvalue weighted by atomic mass is 16.7. The van der Waals surface area contributed by atoms with Gasteiger partial charge in [-0.2, -0.15) is 0 Å². The van der Waals surface area contributed by atoms with Crippen LogP contribution in [0.15, 0.2) is 5.16 Å². The maximum absolute atomic E-state index is 11.4. The van der Waals surface area contributed by atoms with Crippen molar-refractivity contribution in [1.29, 1.82) is 0 Å². The van der Waals surface area contributed by atoms with Gasteiger partial charge in [0.25, 0.3) is 0 Å². The third-order valence-electron chi connectivity index (χ3n) is 2.78. The molecule has 0 saturated carbocycles. The molecular weight excluding hydrogens is 196 g/mol. The molecule has 1 unspecified atom stereocenters. The maximum atomic E-state index is 11.4. The van der Waals surface area contributed by atoms with Crippen molar-refractivity contribution in [3.05, 3.63) is 0 Å². The number of nitrogens with one attached hydrogen (secondary N) is 1. The van der Waals surface area contributed by atoms with Crippen LogP contribution in [0.3, 0.4) is 0 Å². The lowest BCUT2D eigenvalue weighted by Crippen LogP contribution is -2.46. The number of ether oxygens (including phenoxy) is 1. The van der Waals surface area contributed by atoms with Crippen LogP contribution in [0.25, 0.3) is 0 Å². The first-order chi connectivity index (χ1) is 7.26. The molecule has 0 aromatic carbocycles. The van der Waals surface area contributed by atoms with Gasteiger partial charge in [-0.1, -0.05) is 5.16 Å². The highest BCUT2D eigenvalue weighted by Crippen LogP contribution is 2.30. The molecule has 0 radical (unpaired) electrons. The molecule has 2 heterocycles. The molecule has 1 spiro atoms. The molecule has 0 amide bonds. The minimum absolute atomic E-state index is 0.291. The van der Waals surface area contributed by atoms with Crippen LogP contribution in [-0.4, -0.2) is 37.0 Å². The highest BCUT2D eigenvalue weighted by Gasteiger charge is 2.42. The van der Waals surface area contributed by atoms with E-state index in [1.807, 2.05) is 0 Å². The molecule has 5 nitrogen and oxygen atoms in total. The Kier molecular flexibility index (Phi) is 2.90. The number of carbonyl (C=O) groups is 1. The fourth-order valence-corrected chi connectivity index (χ4v) is 2.01. The van der Waals surface area contributed by atoms with Crippen molar-refractivity contribution in [3.63, 3.8) is 0 Å². The first kappa shape index (κ1) is 10.4. The number of oxime groups is 1. The smallest absolute Gasteiger partial charge is 0.356 e. The van der Waals surface area contributed by atoms with E-state index < -0.39 is 0 Å². The van der Waals surface area contributed by atoms with Gasteiger partial charge in [-0.25, -0.2) is 4.79 Å². The summed E-state index contributed by atoms with van der Waals surface area (Å²) in [7, 11) is 0. The van der Waals surface area contributed by atoms with Gasteiger partial charge in [-0.15, -0.1) is 0 Å². The predicted octanol–water partition coefficient (Wildman–Crippen LogP) is 0.448. The molecule has 1 fully saturated rings. The number of piperidine rings is 1. The molecule has 84 valence electrons. The van der Waals surface area contributed by atoms with E-state index in [4.69, 9.17) is 9.57 Å². The molecule has 15 heavy (non-hydrogen) atoms. The van der Waals surface area contributed by atoms with Crippen LogP contribution >= 0.6 is 0 Å². The molecule has 0 aromatic heterocycles. The van der Waals surface area contributed by atoms with Gasteiger partial charge in [-0.3, -0.25) is 0 Å². The first-order valence-corrected chi connectivity index (χ1v) is 5.39. The lowest BCUT2D eigenvalue weighted by Gasteiger charge is -2.30. The number of hydrogen-bond donors (Lipinski definition) is 1. The average molecular weight is 212 g/mol. The zero-order chi connectivity index (χ0) is 10.7. The van der Waals surface area contributed by atoms with Gasteiger partial charge < -0.3 is 14.9 Å². The lowest BCUT2D eigenvalue weighted by atomic mass is 9.89. The quantitative estimate of drug-likeness (QED) is 0.675. The second-order valence-electron chi connectivity index (χ2n) is 3.99. The van der Waals surface area contributed by atoms with Gasteiger partial charge in [0.2, 0.25) is 0 Å². The summed E-state index contributed by atoms with van der Waals surface area (Å²) in [4.78, 5) is 16.8.